The van der Waals surface area contributed by atoms with E-state index in [-0.39, 0.29) is 30.2 Å². The molecule has 4 N–H and O–H groups in total. The van der Waals surface area contributed by atoms with Gasteiger partial charge in [-0.25, -0.2) is 0 Å². The number of nitrogens with zero attached hydrogens (tertiary/aromatic N) is 1. The molecule has 0 spiro atoms. The van der Waals surface area contributed by atoms with E-state index in [1.165, 1.54) is 0 Å². The summed E-state index contributed by atoms with van der Waals surface area (Å²) in [5.74, 6) is -0.648. The lowest BCUT2D eigenvalue weighted by atomic mass is 10.1. The molecule has 0 saturated heterocycles. The van der Waals surface area contributed by atoms with Gasteiger partial charge in [-0.15, -0.1) is 0 Å². The van der Waals surface area contributed by atoms with E-state index in [4.69, 9.17) is 14.2 Å². The van der Waals surface area contributed by atoms with Crippen LogP contribution in [0.3, 0.4) is 0 Å². The van der Waals surface area contributed by atoms with E-state index in [9.17, 15) is 24.0 Å². The van der Waals surface area contributed by atoms with Crippen LogP contribution in [0.15, 0.2) is 18.2 Å². The molecule has 0 bridgehead atoms. The maximum atomic E-state index is 12.9. The first-order valence-corrected chi connectivity index (χ1v) is 13.5. The fourth-order valence-corrected chi connectivity index (χ4v) is 4.05. The van der Waals surface area contributed by atoms with Crippen molar-refractivity contribution in [3.8, 4) is 0 Å². The standard InChI is InChI=1S/C27H41N5O8/c1-21(7-8-25(35)30-20-34)32-18-23-22(27(32)37)4-2-5-24(23)31-26(36)6-3-9-28-10-12-38-14-16-40-17-15-39-13-11-29-19-33/h2,4-5,19-21,28H,3,6-18H2,1H3,(H,29,33)(H,31,36)(H,30,34,35). The predicted molar refractivity (Wildman–Crippen MR) is 146 cm³/mol. The number of imide groups is 1. The lowest BCUT2D eigenvalue weighted by molar-refractivity contribution is -0.125. The second kappa shape index (κ2) is 19.6. The molecular weight excluding hydrogens is 522 g/mol. The van der Waals surface area contributed by atoms with E-state index in [1.807, 2.05) is 6.92 Å². The van der Waals surface area contributed by atoms with Gasteiger partial charge >= 0.3 is 0 Å². The first-order valence-electron chi connectivity index (χ1n) is 13.5. The van der Waals surface area contributed by atoms with Gasteiger partial charge in [0.15, 0.2) is 0 Å². The van der Waals surface area contributed by atoms with Crippen molar-refractivity contribution in [2.24, 2.45) is 0 Å². The smallest absolute Gasteiger partial charge is 0.254 e. The number of hydrogen-bond acceptors (Lipinski definition) is 9. The summed E-state index contributed by atoms with van der Waals surface area (Å²) >= 11 is 0. The molecule has 0 fully saturated rings. The van der Waals surface area contributed by atoms with Gasteiger partial charge in [0, 0.05) is 55.3 Å². The lowest BCUT2D eigenvalue weighted by Crippen LogP contribution is -2.34. The maximum absolute atomic E-state index is 12.9. The summed E-state index contributed by atoms with van der Waals surface area (Å²) in [6, 6.07) is 5.07. The first kappa shape index (κ1) is 32.8. The van der Waals surface area contributed by atoms with Crippen LogP contribution in [0.2, 0.25) is 0 Å². The summed E-state index contributed by atoms with van der Waals surface area (Å²) in [6.07, 6.45) is 2.52. The Morgan fingerprint density at radius 3 is 2.33 bits per heavy atom. The molecule has 1 atom stereocenters. The Morgan fingerprint density at radius 2 is 1.62 bits per heavy atom. The molecule has 1 aromatic rings. The summed E-state index contributed by atoms with van der Waals surface area (Å²) in [4.78, 5) is 59.2. The average Bonchev–Trinajstić information content (AvgIpc) is 3.29. The Balaban J connectivity index is 1.56. The summed E-state index contributed by atoms with van der Waals surface area (Å²) in [5, 5.41) is 10.8. The van der Waals surface area contributed by atoms with E-state index in [0.29, 0.717) is 109 Å². The first-order chi connectivity index (χ1) is 19.5. The molecule has 0 aromatic heterocycles. The maximum Gasteiger partial charge on any atom is 0.254 e. The van der Waals surface area contributed by atoms with E-state index in [0.717, 1.165) is 5.56 Å². The Morgan fingerprint density at radius 1 is 0.925 bits per heavy atom. The van der Waals surface area contributed by atoms with Crippen molar-refractivity contribution in [3.63, 3.8) is 0 Å². The summed E-state index contributed by atoms with van der Waals surface area (Å²) in [5.41, 5.74) is 1.93. The molecule has 1 aliphatic heterocycles. The molecule has 5 amide bonds. The minimum atomic E-state index is -0.383. The zero-order valence-electron chi connectivity index (χ0n) is 23.1. The number of anilines is 1. The highest BCUT2D eigenvalue weighted by atomic mass is 16.5. The highest BCUT2D eigenvalue weighted by molar-refractivity contribution is 6.02. The molecule has 40 heavy (non-hydrogen) atoms. The molecule has 1 aromatic carbocycles. The second-order valence-corrected chi connectivity index (χ2v) is 9.15. The molecule has 0 saturated carbocycles. The molecule has 13 heteroatoms. The van der Waals surface area contributed by atoms with Crippen molar-refractivity contribution in [2.75, 3.05) is 64.6 Å². The van der Waals surface area contributed by atoms with Crippen LogP contribution in [0.25, 0.3) is 0 Å². The van der Waals surface area contributed by atoms with Crippen LogP contribution < -0.4 is 21.3 Å². The molecular formula is C27H41N5O8. The number of carbonyl (C=O) groups is 5. The van der Waals surface area contributed by atoms with Crippen molar-refractivity contribution < 1.29 is 38.2 Å². The number of nitrogens with one attached hydrogen (secondary N) is 4. The van der Waals surface area contributed by atoms with Crippen molar-refractivity contribution in [3.05, 3.63) is 29.3 Å². The van der Waals surface area contributed by atoms with E-state index < -0.39 is 0 Å². The van der Waals surface area contributed by atoms with Crippen LogP contribution >= 0.6 is 0 Å². The second-order valence-electron chi connectivity index (χ2n) is 9.15. The third kappa shape index (κ3) is 12.2. The molecule has 2 rings (SSSR count). The minimum absolute atomic E-state index is 0.128. The van der Waals surface area contributed by atoms with Crippen molar-refractivity contribution in [1.29, 1.82) is 0 Å². The van der Waals surface area contributed by atoms with E-state index >= 15 is 0 Å². The number of hydrogen-bond donors (Lipinski definition) is 4. The van der Waals surface area contributed by atoms with Crippen molar-refractivity contribution in [1.82, 2.24) is 20.9 Å². The Labute approximate surface area is 234 Å². The number of carbonyl (C=O) groups excluding carboxylic acids is 5. The topological polar surface area (TPSA) is 164 Å². The highest BCUT2D eigenvalue weighted by Gasteiger charge is 2.32. The SMILES string of the molecule is CC(CCC(=O)NC=O)N1Cc2c(NC(=O)CCCNCCOCCOCCOCCNC=O)cccc2C1=O. The van der Waals surface area contributed by atoms with Crippen molar-refractivity contribution in [2.45, 2.75) is 45.2 Å². The van der Waals surface area contributed by atoms with Crippen molar-refractivity contribution >= 4 is 36.2 Å². The van der Waals surface area contributed by atoms with Crippen LogP contribution in [0.5, 0.6) is 0 Å². The quantitative estimate of drug-likeness (QED) is 0.107. The normalized spacial score (nSPS) is 13.0. The fourth-order valence-electron chi connectivity index (χ4n) is 4.05. The third-order valence-electron chi connectivity index (χ3n) is 6.21. The molecule has 222 valence electrons. The van der Waals surface area contributed by atoms with Crippen LogP contribution in [-0.2, 0) is 39.9 Å². The lowest BCUT2D eigenvalue weighted by Gasteiger charge is -2.24. The van der Waals surface area contributed by atoms with Crippen LogP contribution in [0.1, 0.15) is 48.5 Å². The van der Waals surface area contributed by atoms with Crippen LogP contribution in [0.4, 0.5) is 5.69 Å². The fraction of sp³-hybridized carbons (Fsp3) is 0.593. The van der Waals surface area contributed by atoms with Crippen LogP contribution in [0, 0.1) is 0 Å². The Hall–Kier alpha value is -3.39. The van der Waals surface area contributed by atoms with Gasteiger partial charge in [0.25, 0.3) is 5.91 Å². The van der Waals surface area contributed by atoms with Gasteiger partial charge in [0.05, 0.1) is 39.6 Å². The van der Waals surface area contributed by atoms with Gasteiger partial charge in [-0.05, 0) is 38.4 Å². The largest absolute Gasteiger partial charge is 0.378 e. The molecule has 0 radical (unpaired) electrons. The molecule has 0 aliphatic carbocycles. The average molecular weight is 564 g/mol. The van der Waals surface area contributed by atoms with Gasteiger partial charge < -0.3 is 35.1 Å². The number of amides is 5. The molecule has 1 unspecified atom stereocenters. The Kier molecular flexibility index (Phi) is 16.1. The summed E-state index contributed by atoms with van der Waals surface area (Å²) in [7, 11) is 0. The molecule has 1 heterocycles. The zero-order chi connectivity index (χ0) is 29.0. The van der Waals surface area contributed by atoms with Gasteiger partial charge in [-0.3, -0.25) is 29.3 Å². The van der Waals surface area contributed by atoms with Gasteiger partial charge in [0.2, 0.25) is 24.6 Å². The summed E-state index contributed by atoms with van der Waals surface area (Å²) < 4.78 is 16.1. The third-order valence-corrected chi connectivity index (χ3v) is 6.21. The highest BCUT2D eigenvalue weighted by Crippen LogP contribution is 2.31. The zero-order valence-corrected chi connectivity index (χ0v) is 23.1. The monoisotopic (exact) mass is 563 g/mol. The van der Waals surface area contributed by atoms with E-state index in [1.54, 1.807) is 23.1 Å². The molecule has 1 aliphatic rings. The number of ether oxygens (including phenoxy) is 3. The predicted octanol–water partition coefficient (Wildman–Crippen LogP) is 0.188. The number of rotatable bonds is 23. The van der Waals surface area contributed by atoms with Gasteiger partial charge in [-0.1, -0.05) is 6.07 Å². The van der Waals surface area contributed by atoms with Crippen LogP contribution in [-0.4, -0.2) is 101 Å². The number of fused-ring (bicyclic) bond motifs is 1. The van der Waals surface area contributed by atoms with Gasteiger partial charge in [-0.2, -0.15) is 0 Å². The Bertz CT molecular complexity index is 961. The van der Waals surface area contributed by atoms with Gasteiger partial charge in [0.1, 0.15) is 0 Å². The number of benzene rings is 1. The minimum Gasteiger partial charge on any atom is -0.378 e. The molecule has 13 nitrogen and oxygen atoms in total. The summed E-state index contributed by atoms with van der Waals surface area (Å²) in [6.45, 7) is 6.88. The van der Waals surface area contributed by atoms with E-state index in [2.05, 4.69) is 21.3 Å².